The Bertz CT molecular complexity index is 741. The van der Waals surface area contributed by atoms with E-state index >= 15 is 0 Å². The largest absolute Gasteiger partial charge is 0.295 e. The minimum atomic E-state index is -2.62. The Balaban J connectivity index is 2.21. The molecule has 3 rings (SSSR count). The molecule has 0 aliphatic carbocycles. The van der Waals surface area contributed by atoms with Crippen molar-refractivity contribution < 1.29 is 8.78 Å². The highest BCUT2D eigenvalue weighted by atomic mass is 79.9. The Hall–Kier alpha value is -1.89. The lowest BCUT2D eigenvalue weighted by atomic mass is 10.3. The number of rotatable bonds is 2. The first-order valence-corrected chi connectivity index (χ1v) is 6.18. The first-order chi connectivity index (χ1) is 9.15. The molecular weight excluding hydrogens is 318 g/mol. The summed E-state index contributed by atoms with van der Waals surface area (Å²) in [6.07, 6.45) is 1.57. The molecule has 0 unspecified atom stereocenters. The van der Waals surface area contributed by atoms with Gasteiger partial charge in [0.05, 0.1) is 23.8 Å². The number of nitrogens with zero attached hydrogens (tertiary/aromatic N) is 4. The van der Waals surface area contributed by atoms with Gasteiger partial charge in [-0.25, -0.2) is 23.7 Å². The first kappa shape index (κ1) is 12.2. The van der Waals surface area contributed by atoms with Crippen LogP contribution in [0.2, 0.25) is 0 Å². The first-order valence-electron chi connectivity index (χ1n) is 5.39. The summed E-state index contributed by atoms with van der Waals surface area (Å²) >= 11 is 3.28. The Morgan fingerprint density at radius 2 is 2.00 bits per heavy atom. The summed E-state index contributed by atoms with van der Waals surface area (Å²) in [5.41, 5.74) is 1.50. The van der Waals surface area contributed by atoms with Gasteiger partial charge in [0, 0.05) is 6.20 Å². The molecule has 3 aromatic rings. The van der Waals surface area contributed by atoms with E-state index in [1.54, 1.807) is 22.7 Å². The van der Waals surface area contributed by atoms with Crippen LogP contribution in [0.5, 0.6) is 0 Å². The second-order valence-corrected chi connectivity index (χ2v) is 4.64. The predicted octanol–water partition coefficient (Wildman–Crippen LogP) is 3.49. The molecule has 0 aliphatic heterocycles. The summed E-state index contributed by atoms with van der Waals surface area (Å²) in [4.78, 5) is 12.1. The molecule has 0 amide bonds. The summed E-state index contributed by atoms with van der Waals surface area (Å²) in [5.74, 6) is 0. The van der Waals surface area contributed by atoms with E-state index in [4.69, 9.17) is 0 Å². The van der Waals surface area contributed by atoms with E-state index in [2.05, 4.69) is 30.9 Å². The van der Waals surface area contributed by atoms with E-state index in [0.717, 1.165) is 0 Å². The lowest BCUT2D eigenvalue weighted by molar-refractivity contribution is 0.145. The number of fused-ring (bicyclic) bond motifs is 1. The van der Waals surface area contributed by atoms with Crippen molar-refractivity contribution in [1.82, 2.24) is 19.4 Å². The predicted molar refractivity (Wildman–Crippen MR) is 68.9 cm³/mol. The van der Waals surface area contributed by atoms with Crippen LogP contribution < -0.4 is 0 Å². The molecule has 0 fully saturated rings. The molecule has 0 bridgehead atoms. The van der Waals surface area contributed by atoms with Crippen LogP contribution >= 0.6 is 15.9 Å². The van der Waals surface area contributed by atoms with Gasteiger partial charge in [0.2, 0.25) is 0 Å². The quantitative estimate of drug-likeness (QED) is 0.678. The van der Waals surface area contributed by atoms with Crippen LogP contribution in [0.1, 0.15) is 12.1 Å². The lowest BCUT2D eigenvalue weighted by Gasteiger charge is -2.04. The molecule has 0 aliphatic rings. The Morgan fingerprint density at radius 3 is 2.74 bits per heavy atom. The Kier molecular flexibility index (Phi) is 2.98. The van der Waals surface area contributed by atoms with Crippen LogP contribution in [0.15, 0.2) is 41.4 Å². The Labute approximate surface area is 115 Å². The van der Waals surface area contributed by atoms with Crippen molar-refractivity contribution in [2.75, 3.05) is 0 Å². The second kappa shape index (κ2) is 4.65. The van der Waals surface area contributed by atoms with Gasteiger partial charge in [-0.3, -0.25) is 4.40 Å². The fourth-order valence-corrected chi connectivity index (χ4v) is 2.10. The van der Waals surface area contributed by atoms with Gasteiger partial charge in [0.15, 0.2) is 5.65 Å². The van der Waals surface area contributed by atoms with Gasteiger partial charge in [0.25, 0.3) is 6.43 Å². The standard InChI is InChI=1S/C12H7BrF2N4/c13-10-3-1-2-7(18-10)9-4-17-11-5-16-8(12(14)15)6-19(9)11/h1-6,12H. The zero-order valence-electron chi connectivity index (χ0n) is 9.46. The van der Waals surface area contributed by atoms with E-state index in [-0.39, 0.29) is 5.69 Å². The van der Waals surface area contributed by atoms with Crippen LogP contribution in [0.4, 0.5) is 8.78 Å². The van der Waals surface area contributed by atoms with E-state index in [0.29, 0.717) is 21.6 Å². The summed E-state index contributed by atoms with van der Waals surface area (Å²) < 4.78 is 27.6. The highest BCUT2D eigenvalue weighted by Crippen LogP contribution is 2.23. The third-order valence-corrected chi connectivity index (χ3v) is 3.06. The van der Waals surface area contributed by atoms with Crippen LogP contribution in [-0.4, -0.2) is 19.4 Å². The van der Waals surface area contributed by atoms with E-state index < -0.39 is 6.43 Å². The molecular formula is C12H7BrF2N4. The van der Waals surface area contributed by atoms with Gasteiger partial charge < -0.3 is 0 Å². The topological polar surface area (TPSA) is 43.1 Å². The van der Waals surface area contributed by atoms with Crippen molar-refractivity contribution in [3.8, 4) is 11.4 Å². The number of alkyl halides is 2. The second-order valence-electron chi connectivity index (χ2n) is 3.83. The molecule has 0 spiro atoms. The maximum atomic E-state index is 12.7. The molecule has 0 N–H and O–H groups in total. The average molecular weight is 325 g/mol. The molecule has 0 saturated carbocycles. The Morgan fingerprint density at radius 1 is 1.16 bits per heavy atom. The summed E-state index contributed by atoms with van der Waals surface area (Å²) in [7, 11) is 0. The number of aromatic nitrogens is 4. The summed E-state index contributed by atoms with van der Waals surface area (Å²) in [6.45, 7) is 0. The van der Waals surface area contributed by atoms with Crippen molar-refractivity contribution in [3.05, 3.63) is 47.1 Å². The molecule has 0 aromatic carbocycles. The number of imidazole rings is 1. The maximum Gasteiger partial charge on any atom is 0.281 e. The third-order valence-electron chi connectivity index (χ3n) is 2.62. The lowest BCUT2D eigenvalue weighted by Crippen LogP contribution is -1.97. The highest BCUT2D eigenvalue weighted by molar-refractivity contribution is 9.10. The molecule has 7 heteroatoms. The van der Waals surface area contributed by atoms with Gasteiger partial charge in [0.1, 0.15) is 10.3 Å². The molecule has 0 saturated heterocycles. The fourth-order valence-electron chi connectivity index (χ4n) is 1.76. The smallest absolute Gasteiger partial charge is 0.281 e. The fraction of sp³-hybridized carbons (Fsp3) is 0.0833. The summed E-state index contributed by atoms with van der Waals surface area (Å²) in [6, 6.07) is 5.40. The molecule has 96 valence electrons. The number of pyridine rings is 1. The van der Waals surface area contributed by atoms with E-state index in [9.17, 15) is 8.78 Å². The third kappa shape index (κ3) is 2.21. The minimum Gasteiger partial charge on any atom is -0.295 e. The van der Waals surface area contributed by atoms with Crippen molar-refractivity contribution in [2.45, 2.75) is 6.43 Å². The SMILES string of the molecule is FC(F)c1cn2c(-c3cccc(Br)n3)cnc2cn1. The number of halogens is 3. The van der Waals surface area contributed by atoms with E-state index in [1.807, 2.05) is 6.07 Å². The van der Waals surface area contributed by atoms with Crippen LogP contribution in [0, 0.1) is 0 Å². The van der Waals surface area contributed by atoms with Crippen LogP contribution in [0.25, 0.3) is 17.0 Å². The van der Waals surface area contributed by atoms with Crippen molar-refractivity contribution in [2.24, 2.45) is 0 Å². The number of hydrogen-bond donors (Lipinski definition) is 0. The zero-order chi connectivity index (χ0) is 13.4. The molecule has 0 radical (unpaired) electrons. The van der Waals surface area contributed by atoms with Crippen LogP contribution in [-0.2, 0) is 0 Å². The van der Waals surface area contributed by atoms with Crippen molar-refractivity contribution in [1.29, 1.82) is 0 Å². The monoisotopic (exact) mass is 324 g/mol. The van der Waals surface area contributed by atoms with Gasteiger partial charge in [-0.2, -0.15) is 0 Å². The maximum absolute atomic E-state index is 12.7. The van der Waals surface area contributed by atoms with Crippen molar-refractivity contribution >= 4 is 21.6 Å². The zero-order valence-corrected chi connectivity index (χ0v) is 11.1. The highest BCUT2D eigenvalue weighted by Gasteiger charge is 2.13. The van der Waals surface area contributed by atoms with E-state index in [1.165, 1.54) is 12.4 Å². The van der Waals surface area contributed by atoms with Crippen molar-refractivity contribution in [3.63, 3.8) is 0 Å². The van der Waals surface area contributed by atoms with Gasteiger partial charge in [-0.05, 0) is 28.1 Å². The number of hydrogen-bond acceptors (Lipinski definition) is 3. The molecule has 3 heterocycles. The van der Waals surface area contributed by atoms with Gasteiger partial charge in [-0.15, -0.1) is 0 Å². The molecule has 4 nitrogen and oxygen atoms in total. The van der Waals surface area contributed by atoms with Gasteiger partial charge in [-0.1, -0.05) is 6.07 Å². The average Bonchev–Trinajstić information content (AvgIpc) is 2.81. The molecule has 19 heavy (non-hydrogen) atoms. The van der Waals surface area contributed by atoms with Crippen LogP contribution in [0.3, 0.4) is 0 Å². The minimum absolute atomic E-state index is 0.290. The normalized spacial score (nSPS) is 11.4. The molecule has 3 aromatic heterocycles. The molecule has 0 atom stereocenters. The summed E-state index contributed by atoms with van der Waals surface area (Å²) in [5, 5.41) is 0. The van der Waals surface area contributed by atoms with Gasteiger partial charge >= 0.3 is 0 Å².